The van der Waals surface area contributed by atoms with E-state index in [2.05, 4.69) is 10.3 Å². The molecule has 0 fully saturated rings. The van der Waals surface area contributed by atoms with Gasteiger partial charge in [0.25, 0.3) is 5.91 Å². The van der Waals surface area contributed by atoms with E-state index in [1.807, 2.05) is 6.07 Å². The molecule has 0 aliphatic rings. The zero-order chi connectivity index (χ0) is 24.9. The first-order chi connectivity index (χ1) is 16.9. The molecule has 35 heavy (non-hydrogen) atoms. The van der Waals surface area contributed by atoms with Crippen LogP contribution in [0.5, 0.6) is 17.2 Å². The van der Waals surface area contributed by atoms with E-state index >= 15 is 0 Å². The van der Waals surface area contributed by atoms with Gasteiger partial charge in [0.05, 0.1) is 36.1 Å². The highest BCUT2D eigenvalue weighted by atomic mass is 32.1. The number of hydrogen-bond donors (Lipinski definition) is 1. The number of ketones is 1. The number of nitrogens with one attached hydrogen (secondary N) is 1. The summed E-state index contributed by atoms with van der Waals surface area (Å²) in [5, 5.41) is 12.2. The molecule has 1 unspecified atom stereocenters. The molecule has 1 aromatic heterocycles. The predicted molar refractivity (Wildman–Crippen MR) is 132 cm³/mol. The number of amides is 1. The van der Waals surface area contributed by atoms with Crippen LogP contribution in [0.1, 0.15) is 34.5 Å². The number of benzene rings is 3. The molecule has 1 amide bonds. The van der Waals surface area contributed by atoms with Gasteiger partial charge in [-0.1, -0.05) is 35.6 Å². The van der Waals surface area contributed by atoms with E-state index in [-0.39, 0.29) is 5.78 Å². The standard InChI is InChI=1S/C26H21N3O5S/c1-15(30)17-6-8-18(9-7-17)24(34-19-10-4-16(14-27)5-11-19)25(31)29-26-28-20-12-21(32-2)22(33-3)13-23(20)35-26/h4-13,24H,1-3H3,(H,28,29,31). The van der Waals surface area contributed by atoms with E-state index in [1.165, 1.54) is 18.3 Å². The van der Waals surface area contributed by atoms with Gasteiger partial charge in [-0.15, -0.1) is 0 Å². The molecule has 1 N–H and O–H groups in total. The number of hydrogen-bond acceptors (Lipinski definition) is 8. The number of ether oxygens (including phenoxy) is 3. The fraction of sp³-hybridized carbons (Fsp3) is 0.154. The maximum atomic E-state index is 13.3. The average molecular weight is 488 g/mol. The Labute approximate surface area is 205 Å². The van der Waals surface area contributed by atoms with E-state index in [4.69, 9.17) is 19.5 Å². The molecular weight excluding hydrogens is 466 g/mol. The van der Waals surface area contributed by atoms with Crippen molar-refractivity contribution in [3.63, 3.8) is 0 Å². The minimum Gasteiger partial charge on any atom is -0.493 e. The van der Waals surface area contributed by atoms with Crippen LogP contribution in [0.4, 0.5) is 5.13 Å². The van der Waals surface area contributed by atoms with Crippen LogP contribution in [0.15, 0.2) is 60.7 Å². The molecule has 0 aliphatic heterocycles. The maximum Gasteiger partial charge on any atom is 0.271 e. The number of nitriles is 1. The molecule has 176 valence electrons. The zero-order valence-electron chi connectivity index (χ0n) is 19.2. The highest BCUT2D eigenvalue weighted by Gasteiger charge is 2.25. The predicted octanol–water partition coefficient (Wildman–Crippen LogP) is 5.15. The number of aromatic nitrogens is 1. The van der Waals surface area contributed by atoms with Crippen molar-refractivity contribution < 1.29 is 23.8 Å². The Hall–Kier alpha value is -4.42. The van der Waals surface area contributed by atoms with E-state index in [1.54, 1.807) is 74.9 Å². The Morgan fingerprint density at radius 1 is 1.00 bits per heavy atom. The van der Waals surface area contributed by atoms with Crippen molar-refractivity contribution in [2.75, 3.05) is 19.5 Å². The summed E-state index contributed by atoms with van der Waals surface area (Å²) < 4.78 is 17.5. The fourth-order valence-electron chi connectivity index (χ4n) is 3.39. The Morgan fingerprint density at radius 2 is 1.66 bits per heavy atom. The number of carbonyl (C=O) groups is 2. The lowest BCUT2D eigenvalue weighted by atomic mass is 10.0. The number of rotatable bonds is 8. The van der Waals surface area contributed by atoms with Crippen LogP contribution in [-0.2, 0) is 4.79 Å². The molecule has 0 spiro atoms. The molecule has 0 aliphatic carbocycles. The number of Topliss-reactive ketones (excluding diaryl/α,β-unsaturated/α-hetero) is 1. The summed E-state index contributed by atoms with van der Waals surface area (Å²) in [4.78, 5) is 29.5. The highest BCUT2D eigenvalue weighted by molar-refractivity contribution is 7.22. The van der Waals surface area contributed by atoms with Crippen molar-refractivity contribution in [2.45, 2.75) is 13.0 Å². The summed E-state index contributed by atoms with van der Waals surface area (Å²) in [7, 11) is 3.09. The van der Waals surface area contributed by atoms with Gasteiger partial charge in [-0.05, 0) is 31.2 Å². The third-order valence-corrected chi connectivity index (χ3v) is 6.15. The van der Waals surface area contributed by atoms with E-state index < -0.39 is 12.0 Å². The first-order valence-electron chi connectivity index (χ1n) is 10.5. The quantitative estimate of drug-likeness (QED) is 0.342. The molecule has 0 radical (unpaired) electrons. The lowest BCUT2D eigenvalue weighted by molar-refractivity contribution is -0.123. The van der Waals surface area contributed by atoms with Crippen LogP contribution in [0.3, 0.4) is 0 Å². The van der Waals surface area contributed by atoms with Crippen molar-refractivity contribution in [3.8, 4) is 23.3 Å². The van der Waals surface area contributed by atoms with Gasteiger partial charge in [-0.2, -0.15) is 5.26 Å². The Bertz CT molecular complexity index is 1380. The van der Waals surface area contributed by atoms with E-state index in [9.17, 15) is 9.59 Å². The summed E-state index contributed by atoms with van der Waals surface area (Å²) in [5.74, 6) is 0.997. The summed E-state index contributed by atoms with van der Waals surface area (Å²) in [6, 6.07) is 18.7. The fourth-order valence-corrected chi connectivity index (χ4v) is 4.27. The van der Waals surface area contributed by atoms with Gasteiger partial charge in [-0.3, -0.25) is 14.9 Å². The summed E-state index contributed by atoms with van der Waals surface area (Å²) >= 11 is 1.29. The van der Waals surface area contributed by atoms with Crippen LogP contribution in [0.2, 0.25) is 0 Å². The molecule has 3 aromatic carbocycles. The maximum absolute atomic E-state index is 13.3. The van der Waals surface area contributed by atoms with E-state index in [0.717, 1.165) is 4.70 Å². The molecule has 4 rings (SSSR count). The smallest absolute Gasteiger partial charge is 0.271 e. The Kier molecular flexibility index (Phi) is 6.94. The summed E-state index contributed by atoms with van der Waals surface area (Å²) in [6.07, 6.45) is -1.03. The minimum absolute atomic E-state index is 0.0779. The molecule has 0 saturated heterocycles. The third kappa shape index (κ3) is 5.23. The highest BCUT2D eigenvalue weighted by Crippen LogP contribution is 2.36. The second-order valence-electron chi connectivity index (χ2n) is 7.50. The van der Waals surface area contributed by atoms with Crippen molar-refractivity contribution in [2.24, 2.45) is 0 Å². The Balaban J connectivity index is 1.64. The van der Waals surface area contributed by atoms with Crippen molar-refractivity contribution in [1.82, 2.24) is 4.98 Å². The normalized spacial score (nSPS) is 11.4. The second kappa shape index (κ2) is 10.2. The number of anilines is 1. The van der Waals surface area contributed by atoms with Crippen molar-refractivity contribution >= 4 is 38.4 Å². The topological polar surface area (TPSA) is 111 Å². The molecule has 8 nitrogen and oxygen atoms in total. The molecule has 0 saturated carbocycles. The van der Waals surface area contributed by atoms with Crippen molar-refractivity contribution in [1.29, 1.82) is 5.26 Å². The lowest BCUT2D eigenvalue weighted by Crippen LogP contribution is -2.25. The van der Waals surface area contributed by atoms with Crippen LogP contribution >= 0.6 is 11.3 Å². The zero-order valence-corrected chi connectivity index (χ0v) is 20.0. The summed E-state index contributed by atoms with van der Waals surface area (Å²) in [5.41, 5.74) is 2.21. The second-order valence-corrected chi connectivity index (χ2v) is 8.53. The number of fused-ring (bicyclic) bond motifs is 1. The van der Waals surface area contributed by atoms with Gasteiger partial charge in [0.1, 0.15) is 5.75 Å². The molecule has 4 aromatic rings. The van der Waals surface area contributed by atoms with Gasteiger partial charge in [0.15, 0.2) is 22.4 Å². The van der Waals surface area contributed by atoms with Gasteiger partial charge in [0.2, 0.25) is 6.10 Å². The first-order valence-corrected chi connectivity index (χ1v) is 11.3. The van der Waals surface area contributed by atoms with Gasteiger partial charge >= 0.3 is 0 Å². The van der Waals surface area contributed by atoms with E-state index in [0.29, 0.717) is 44.6 Å². The largest absolute Gasteiger partial charge is 0.493 e. The van der Waals surface area contributed by atoms with Gasteiger partial charge in [0, 0.05) is 23.3 Å². The monoisotopic (exact) mass is 487 g/mol. The van der Waals surface area contributed by atoms with Crippen LogP contribution in [0.25, 0.3) is 10.2 Å². The third-order valence-electron chi connectivity index (χ3n) is 5.22. The number of methoxy groups -OCH3 is 2. The molecule has 9 heteroatoms. The Morgan fingerprint density at radius 3 is 2.26 bits per heavy atom. The molecule has 1 atom stereocenters. The first kappa shape index (κ1) is 23.7. The van der Waals surface area contributed by atoms with Gasteiger partial charge in [-0.25, -0.2) is 4.98 Å². The average Bonchev–Trinajstić information content (AvgIpc) is 3.27. The minimum atomic E-state index is -1.03. The van der Waals surface area contributed by atoms with Gasteiger partial charge < -0.3 is 14.2 Å². The lowest BCUT2D eigenvalue weighted by Gasteiger charge is -2.19. The van der Waals surface area contributed by atoms with Crippen LogP contribution < -0.4 is 19.5 Å². The molecule has 0 bridgehead atoms. The molecule has 1 heterocycles. The van der Waals surface area contributed by atoms with Crippen LogP contribution in [-0.4, -0.2) is 30.9 Å². The number of nitrogens with zero attached hydrogens (tertiary/aromatic N) is 2. The SMILES string of the molecule is COc1cc2nc(NC(=O)C(Oc3ccc(C#N)cc3)c3ccc(C(C)=O)cc3)sc2cc1OC. The number of thiazole rings is 1. The van der Waals surface area contributed by atoms with Crippen molar-refractivity contribution in [3.05, 3.63) is 77.4 Å². The summed E-state index contributed by atoms with van der Waals surface area (Å²) in [6.45, 7) is 1.48. The number of carbonyl (C=O) groups excluding carboxylic acids is 2. The molecular formula is C26H21N3O5S. The van der Waals surface area contributed by atoms with Crippen LogP contribution in [0, 0.1) is 11.3 Å².